The molecule has 3 rings (SSSR count). The van der Waals surface area contributed by atoms with E-state index >= 15 is 0 Å². The van der Waals surface area contributed by atoms with Gasteiger partial charge in [0.05, 0.1) is 10.4 Å². The molecule has 0 atom stereocenters. The highest BCUT2D eigenvalue weighted by Crippen LogP contribution is 2.21. The van der Waals surface area contributed by atoms with Crippen molar-refractivity contribution in [1.82, 2.24) is 4.57 Å². The number of aromatic nitrogens is 1. The minimum atomic E-state index is -3.26. The summed E-state index contributed by atoms with van der Waals surface area (Å²) in [7, 11) is -3.26. The smallest absolute Gasteiger partial charge is 0.255 e. The molecule has 0 fully saturated rings. The molecule has 1 aromatic heterocycles. The molecule has 0 bridgehead atoms. The summed E-state index contributed by atoms with van der Waals surface area (Å²) in [6.45, 7) is 2.92. The van der Waals surface area contributed by atoms with Gasteiger partial charge in [-0.15, -0.1) is 0 Å². The van der Waals surface area contributed by atoms with Crippen molar-refractivity contribution in [1.29, 1.82) is 0 Å². The number of hydrogen-bond acceptors (Lipinski definition) is 3. The Labute approximate surface area is 140 Å². The van der Waals surface area contributed by atoms with Crippen molar-refractivity contribution in [3.8, 4) is 0 Å². The Bertz CT molecular complexity index is 1000. The van der Waals surface area contributed by atoms with E-state index in [1.165, 1.54) is 24.3 Å². The molecule has 0 saturated heterocycles. The van der Waals surface area contributed by atoms with E-state index in [1.54, 1.807) is 0 Å². The summed E-state index contributed by atoms with van der Waals surface area (Å²) in [6, 6.07) is 13.7. The van der Waals surface area contributed by atoms with E-state index in [4.69, 9.17) is 0 Å². The van der Waals surface area contributed by atoms with Crippen LogP contribution < -0.4 is 5.32 Å². The number of carbonyl (C=O) groups is 1. The molecule has 0 spiro atoms. The molecule has 0 saturated carbocycles. The first-order chi connectivity index (χ1) is 11.4. The summed E-state index contributed by atoms with van der Waals surface area (Å²) in [4.78, 5) is 12.5. The number of nitrogens with zero attached hydrogens (tertiary/aromatic N) is 1. The fourth-order valence-corrected chi connectivity index (χ4v) is 3.22. The number of rotatable bonds is 4. The number of aryl methyl sites for hydroxylation is 1. The summed E-state index contributed by atoms with van der Waals surface area (Å²) in [5.74, 6) is -0.274. The molecule has 0 aliphatic carbocycles. The fourth-order valence-electron chi connectivity index (χ4n) is 2.59. The second-order valence-electron chi connectivity index (χ2n) is 5.63. The van der Waals surface area contributed by atoms with Crippen molar-refractivity contribution in [3.05, 3.63) is 60.3 Å². The number of sulfone groups is 1. The van der Waals surface area contributed by atoms with Gasteiger partial charge in [0.2, 0.25) is 0 Å². The van der Waals surface area contributed by atoms with Crippen LogP contribution in [0.5, 0.6) is 0 Å². The maximum Gasteiger partial charge on any atom is 0.255 e. The SMILES string of the molecule is CCn1ccc2ccc(NC(=O)c3ccc(S(C)(=O)=O)cc3)cc21. The zero-order chi connectivity index (χ0) is 17.3. The van der Waals surface area contributed by atoms with Crippen molar-refractivity contribution >= 4 is 32.3 Å². The fraction of sp³-hybridized carbons (Fsp3) is 0.167. The first kappa shape index (κ1) is 16.3. The van der Waals surface area contributed by atoms with Gasteiger partial charge < -0.3 is 9.88 Å². The molecular formula is C18H18N2O3S. The molecule has 1 heterocycles. The van der Waals surface area contributed by atoms with E-state index in [9.17, 15) is 13.2 Å². The van der Waals surface area contributed by atoms with Crippen LogP contribution in [-0.4, -0.2) is 25.1 Å². The lowest BCUT2D eigenvalue weighted by Gasteiger charge is -2.08. The molecular weight excluding hydrogens is 324 g/mol. The monoisotopic (exact) mass is 342 g/mol. The summed E-state index contributed by atoms with van der Waals surface area (Å²) in [5, 5.41) is 3.97. The van der Waals surface area contributed by atoms with Gasteiger partial charge in [0.1, 0.15) is 0 Å². The van der Waals surface area contributed by atoms with Crippen LogP contribution in [0.3, 0.4) is 0 Å². The van der Waals surface area contributed by atoms with E-state index in [0.29, 0.717) is 11.3 Å². The minimum Gasteiger partial charge on any atom is -0.348 e. The third-order valence-corrected chi connectivity index (χ3v) is 5.05. The van der Waals surface area contributed by atoms with Crippen molar-refractivity contribution in [2.24, 2.45) is 0 Å². The number of amides is 1. The van der Waals surface area contributed by atoms with E-state index in [0.717, 1.165) is 23.7 Å². The van der Waals surface area contributed by atoms with Crippen LogP contribution in [0.15, 0.2) is 59.6 Å². The third kappa shape index (κ3) is 3.19. The Morgan fingerprint density at radius 2 is 1.79 bits per heavy atom. The topological polar surface area (TPSA) is 68.2 Å². The van der Waals surface area contributed by atoms with E-state index in [-0.39, 0.29) is 10.8 Å². The Kier molecular flexibility index (Phi) is 4.15. The van der Waals surface area contributed by atoms with Gasteiger partial charge in [0.15, 0.2) is 9.84 Å². The average molecular weight is 342 g/mol. The maximum absolute atomic E-state index is 12.3. The van der Waals surface area contributed by atoms with Gasteiger partial charge in [0, 0.05) is 30.2 Å². The molecule has 6 heteroatoms. The van der Waals surface area contributed by atoms with Gasteiger partial charge in [0.25, 0.3) is 5.91 Å². The summed E-state index contributed by atoms with van der Waals surface area (Å²) < 4.78 is 25.0. The summed E-state index contributed by atoms with van der Waals surface area (Å²) in [5.41, 5.74) is 2.17. The zero-order valence-corrected chi connectivity index (χ0v) is 14.3. The summed E-state index contributed by atoms with van der Waals surface area (Å²) in [6.07, 6.45) is 3.15. The molecule has 124 valence electrons. The standard InChI is InChI=1S/C18H18N2O3S/c1-3-20-11-10-13-4-7-15(12-17(13)20)19-18(21)14-5-8-16(9-6-14)24(2,22)23/h4-12H,3H2,1-2H3,(H,19,21). The second kappa shape index (κ2) is 6.13. The third-order valence-electron chi connectivity index (χ3n) is 3.92. The normalized spacial score (nSPS) is 11.6. The minimum absolute atomic E-state index is 0.196. The largest absolute Gasteiger partial charge is 0.348 e. The molecule has 1 N–H and O–H groups in total. The average Bonchev–Trinajstić information content (AvgIpc) is 2.96. The van der Waals surface area contributed by atoms with Gasteiger partial charge in [-0.25, -0.2) is 8.42 Å². The van der Waals surface area contributed by atoms with Crippen LogP contribution in [0.4, 0.5) is 5.69 Å². The molecule has 0 radical (unpaired) electrons. The van der Waals surface area contributed by atoms with Crippen molar-refractivity contribution in [3.63, 3.8) is 0 Å². The van der Waals surface area contributed by atoms with E-state index < -0.39 is 9.84 Å². The van der Waals surface area contributed by atoms with Crippen LogP contribution in [0.1, 0.15) is 17.3 Å². The molecule has 3 aromatic rings. The van der Waals surface area contributed by atoms with E-state index in [2.05, 4.69) is 16.8 Å². The second-order valence-corrected chi connectivity index (χ2v) is 7.64. The predicted octanol–water partition coefficient (Wildman–Crippen LogP) is 3.32. The number of anilines is 1. The molecule has 1 amide bonds. The number of carbonyl (C=O) groups excluding carboxylic acids is 1. The number of fused-ring (bicyclic) bond motifs is 1. The van der Waals surface area contributed by atoms with Crippen LogP contribution in [-0.2, 0) is 16.4 Å². The highest BCUT2D eigenvalue weighted by atomic mass is 32.2. The Morgan fingerprint density at radius 3 is 2.42 bits per heavy atom. The van der Waals surface area contributed by atoms with Gasteiger partial charge in [-0.05, 0) is 54.8 Å². The van der Waals surface area contributed by atoms with Gasteiger partial charge >= 0.3 is 0 Å². The highest BCUT2D eigenvalue weighted by Gasteiger charge is 2.11. The lowest BCUT2D eigenvalue weighted by Crippen LogP contribution is -2.12. The number of benzene rings is 2. The van der Waals surface area contributed by atoms with Gasteiger partial charge in [-0.3, -0.25) is 4.79 Å². The Hall–Kier alpha value is -2.60. The molecule has 24 heavy (non-hydrogen) atoms. The highest BCUT2D eigenvalue weighted by molar-refractivity contribution is 7.90. The quantitative estimate of drug-likeness (QED) is 0.791. The first-order valence-electron chi connectivity index (χ1n) is 7.59. The number of nitrogens with one attached hydrogen (secondary N) is 1. The van der Waals surface area contributed by atoms with Gasteiger partial charge in [-0.2, -0.15) is 0 Å². The lowest BCUT2D eigenvalue weighted by molar-refractivity contribution is 0.102. The molecule has 0 unspecified atom stereocenters. The van der Waals surface area contributed by atoms with Crippen LogP contribution in [0.25, 0.3) is 10.9 Å². The summed E-state index contributed by atoms with van der Waals surface area (Å²) >= 11 is 0. The molecule has 2 aromatic carbocycles. The lowest BCUT2D eigenvalue weighted by atomic mass is 10.2. The molecule has 0 aliphatic rings. The van der Waals surface area contributed by atoms with Gasteiger partial charge in [-0.1, -0.05) is 6.07 Å². The van der Waals surface area contributed by atoms with Crippen molar-refractivity contribution in [2.45, 2.75) is 18.4 Å². The molecule has 5 nitrogen and oxygen atoms in total. The first-order valence-corrected chi connectivity index (χ1v) is 9.48. The van der Waals surface area contributed by atoms with Crippen LogP contribution in [0.2, 0.25) is 0 Å². The number of hydrogen-bond donors (Lipinski definition) is 1. The maximum atomic E-state index is 12.3. The van der Waals surface area contributed by atoms with Crippen molar-refractivity contribution in [2.75, 3.05) is 11.6 Å². The Balaban J connectivity index is 1.84. The zero-order valence-electron chi connectivity index (χ0n) is 13.5. The molecule has 0 aliphatic heterocycles. The van der Waals surface area contributed by atoms with Crippen LogP contribution >= 0.6 is 0 Å². The van der Waals surface area contributed by atoms with Crippen molar-refractivity contribution < 1.29 is 13.2 Å². The van der Waals surface area contributed by atoms with Crippen LogP contribution in [0, 0.1) is 0 Å². The predicted molar refractivity (Wildman–Crippen MR) is 95.1 cm³/mol. The Morgan fingerprint density at radius 1 is 1.08 bits per heavy atom. The van der Waals surface area contributed by atoms with E-state index in [1.807, 2.05) is 30.5 Å².